The van der Waals surface area contributed by atoms with E-state index in [0.29, 0.717) is 6.61 Å². The third kappa shape index (κ3) is 7.75. The Balaban J connectivity index is 1.58. The third-order valence-electron chi connectivity index (χ3n) is 6.21. The molecule has 0 saturated heterocycles. The van der Waals surface area contributed by atoms with Gasteiger partial charge in [0.05, 0.1) is 12.7 Å². The van der Waals surface area contributed by atoms with Crippen LogP contribution in [-0.2, 0) is 4.74 Å². The Labute approximate surface area is 201 Å². The minimum Gasteiger partial charge on any atom is -0.494 e. The van der Waals surface area contributed by atoms with Gasteiger partial charge < -0.3 is 9.47 Å². The van der Waals surface area contributed by atoms with Crippen molar-refractivity contribution in [1.82, 2.24) is 0 Å². The van der Waals surface area contributed by atoms with Crippen molar-refractivity contribution in [1.29, 1.82) is 0 Å². The first kappa shape index (κ1) is 25.1. The predicted octanol–water partition coefficient (Wildman–Crippen LogP) is 9.25. The SMILES string of the molecule is CCCCCCCCCOC(C)c1ccc(-c2ccccc2-c2ccc(OCC)cc2)cc1. The van der Waals surface area contributed by atoms with E-state index >= 15 is 0 Å². The minimum atomic E-state index is 0.125. The molecular weight excluding hydrogens is 404 g/mol. The molecule has 0 spiro atoms. The lowest BCUT2D eigenvalue weighted by molar-refractivity contribution is 0.0627. The molecule has 0 amide bonds. The van der Waals surface area contributed by atoms with Gasteiger partial charge in [-0.3, -0.25) is 0 Å². The van der Waals surface area contributed by atoms with Gasteiger partial charge in [-0.2, -0.15) is 0 Å². The first-order chi connectivity index (χ1) is 16.2. The van der Waals surface area contributed by atoms with E-state index in [9.17, 15) is 0 Å². The van der Waals surface area contributed by atoms with Gasteiger partial charge in [0, 0.05) is 6.61 Å². The Morgan fingerprint density at radius 3 is 1.76 bits per heavy atom. The third-order valence-corrected chi connectivity index (χ3v) is 6.21. The monoisotopic (exact) mass is 444 g/mol. The van der Waals surface area contributed by atoms with Crippen molar-refractivity contribution >= 4 is 0 Å². The van der Waals surface area contributed by atoms with Crippen LogP contribution in [0.3, 0.4) is 0 Å². The molecule has 0 heterocycles. The van der Waals surface area contributed by atoms with E-state index in [1.54, 1.807) is 0 Å². The second-order valence-corrected chi connectivity index (χ2v) is 8.76. The molecule has 176 valence electrons. The van der Waals surface area contributed by atoms with Crippen molar-refractivity contribution in [3.05, 3.63) is 78.4 Å². The van der Waals surface area contributed by atoms with Crippen LogP contribution in [0, 0.1) is 0 Å². The largest absolute Gasteiger partial charge is 0.494 e. The number of hydrogen-bond acceptors (Lipinski definition) is 2. The highest BCUT2D eigenvalue weighted by molar-refractivity contribution is 5.83. The summed E-state index contributed by atoms with van der Waals surface area (Å²) in [5.41, 5.74) is 6.13. The van der Waals surface area contributed by atoms with Gasteiger partial charge in [0.15, 0.2) is 0 Å². The summed E-state index contributed by atoms with van der Waals surface area (Å²) in [6.07, 6.45) is 9.31. The molecule has 0 fully saturated rings. The molecule has 0 aliphatic rings. The molecule has 2 heteroatoms. The van der Waals surface area contributed by atoms with Gasteiger partial charge >= 0.3 is 0 Å². The van der Waals surface area contributed by atoms with E-state index in [-0.39, 0.29) is 6.10 Å². The topological polar surface area (TPSA) is 18.5 Å². The number of benzene rings is 3. The first-order valence-corrected chi connectivity index (χ1v) is 12.8. The summed E-state index contributed by atoms with van der Waals surface area (Å²) in [6.45, 7) is 7.96. The van der Waals surface area contributed by atoms with Crippen LogP contribution in [0.1, 0.15) is 77.4 Å². The van der Waals surface area contributed by atoms with Gasteiger partial charge in [0.25, 0.3) is 0 Å². The Bertz CT molecular complexity index is 928. The zero-order chi connectivity index (χ0) is 23.3. The fourth-order valence-corrected chi connectivity index (χ4v) is 4.23. The van der Waals surface area contributed by atoms with Crippen LogP contribution in [0.4, 0.5) is 0 Å². The average Bonchev–Trinajstić information content (AvgIpc) is 2.86. The predicted molar refractivity (Wildman–Crippen MR) is 141 cm³/mol. The lowest BCUT2D eigenvalue weighted by Gasteiger charge is -2.15. The smallest absolute Gasteiger partial charge is 0.119 e. The Morgan fingerprint density at radius 1 is 0.636 bits per heavy atom. The molecule has 3 rings (SSSR count). The summed E-state index contributed by atoms with van der Waals surface area (Å²) in [5.74, 6) is 0.911. The summed E-state index contributed by atoms with van der Waals surface area (Å²) < 4.78 is 11.7. The summed E-state index contributed by atoms with van der Waals surface area (Å²) in [5, 5.41) is 0. The summed E-state index contributed by atoms with van der Waals surface area (Å²) >= 11 is 0. The number of ether oxygens (including phenoxy) is 2. The minimum absolute atomic E-state index is 0.125. The maximum Gasteiger partial charge on any atom is 0.119 e. The molecular formula is C31H40O2. The molecule has 3 aromatic rings. The van der Waals surface area contributed by atoms with Crippen molar-refractivity contribution in [2.75, 3.05) is 13.2 Å². The van der Waals surface area contributed by atoms with Crippen LogP contribution >= 0.6 is 0 Å². The molecule has 0 aromatic heterocycles. The highest BCUT2D eigenvalue weighted by Gasteiger charge is 2.10. The van der Waals surface area contributed by atoms with Crippen LogP contribution < -0.4 is 4.74 Å². The fraction of sp³-hybridized carbons (Fsp3) is 0.419. The lowest BCUT2D eigenvalue weighted by atomic mass is 9.94. The Hall–Kier alpha value is -2.58. The second kappa shape index (κ2) is 13.9. The number of rotatable bonds is 14. The standard InChI is InChI=1S/C31H40O2/c1-4-6-7-8-9-10-13-24-33-25(3)26-16-18-27(19-17-26)30-14-11-12-15-31(30)28-20-22-29(23-21-28)32-5-2/h11-12,14-23,25H,4-10,13,24H2,1-3H3. The number of hydrogen-bond donors (Lipinski definition) is 0. The lowest BCUT2D eigenvalue weighted by Crippen LogP contribution is -2.02. The molecule has 0 bridgehead atoms. The number of unbranched alkanes of at least 4 members (excludes halogenated alkanes) is 6. The highest BCUT2D eigenvalue weighted by Crippen LogP contribution is 2.33. The maximum absolute atomic E-state index is 6.11. The quantitative estimate of drug-likeness (QED) is 0.231. The Kier molecular flexibility index (Phi) is 10.5. The second-order valence-electron chi connectivity index (χ2n) is 8.76. The van der Waals surface area contributed by atoms with Gasteiger partial charge in [-0.1, -0.05) is 106 Å². The molecule has 0 saturated carbocycles. The molecule has 2 nitrogen and oxygen atoms in total. The van der Waals surface area contributed by atoms with Gasteiger partial charge in [-0.05, 0) is 60.2 Å². The molecule has 0 aliphatic carbocycles. The van der Waals surface area contributed by atoms with E-state index in [2.05, 4.69) is 74.5 Å². The summed E-state index contributed by atoms with van der Waals surface area (Å²) in [7, 11) is 0. The first-order valence-electron chi connectivity index (χ1n) is 12.8. The van der Waals surface area contributed by atoms with Crippen LogP contribution in [0.5, 0.6) is 5.75 Å². The van der Waals surface area contributed by atoms with Crippen LogP contribution in [0.25, 0.3) is 22.3 Å². The molecule has 33 heavy (non-hydrogen) atoms. The van der Waals surface area contributed by atoms with Gasteiger partial charge in [-0.25, -0.2) is 0 Å². The van der Waals surface area contributed by atoms with Crippen molar-refractivity contribution in [2.45, 2.75) is 71.8 Å². The van der Waals surface area contributed by atoms with Gasteiger partial charge in [0.2, 0.25) is 0 Å². The van der Waals surface area contributed by atoms with Gasteiger partial charge in [-0.15, -0.1) is 0 Å². The fourth-order valence-electron chi connectivity index (χ4n) is 4.23. The molecule has 0 N–H and O–H groups in total. The summed E-state index contributed by atoms with van der Waals surface area (Å²) in [4.78, 5) is 0. The van der Waals surface area contributed by atoms with Crippen LogP contribution in [0.2, 0.25) is 0 Å². The molecule has 0 aliphatic heterocycles. The average molecular weight is 445 g/mol. The highest BCUT2D eigenvalue weighted by atomic mass is 16.5. The van der Waals surface area contributed by atoms with Crippen molar-refractivity contribution in [2.24, 2.45) is 0 Å². The molecule has 1 atom stereocenters. The summed E-state index contributed by atoms with van der Waals surface area (Å²) in [6, 6.07) is 25.8. The zero-order valence-electron chi connectivity index (χ0n) is 20.7. The maximum atomic E-state index is 6.11. The van der Waals surface area contributed by atoms with Crippen LogP contribution in [0.15, 0.2) is 72.8 Å². The molecule has 1 unspecified atom stereocenters. The molecule has 3 aromatic carbocycles. The van der Waals surface area contributed by atoms with E-state index in [1.165, 1.54) is 66.3 Å². The van der Waals surface area contributed by atoms with E-state index in [1.807, 2.05) is 19.1 Å². The van der Waals surface area contributed by atoms with Crippen molar-refractivity contribution in [3.8, 4) is 28.0 Å². The van der Waals surface area contributed by atoms with Crippen molar-refractivity contribution in [3.63, 3.8) is 0 Å². The molecule has 0 radical (unpaired) electrons. The Morgan fingerprint density at radius 2 is 1.18 bits per heavy atom. The zero-order valence-corrected chi connectivity index (χ0v) is 20.7. The van der Waals surface area contributed by atoms with Crippen molar-refractivity contribution < 1.29 is 9.47 Å². The van der Waals surface area contributed by atoms with E-state index < -0.39 is 0 Å². The van der Waals surface area contributed by atoms with E-state index in [0.717, 1.165) is 18.8 Å². The van der Waals surface area contributed by atoms with E-state index in [4.69, 9.17) is 9.47 Å². The normalized spacial score (nSPS) is 12.0. The van der Waals surface area contributed by atoms with Crippen LogP contribution in [-0.4, -0.2) is 13.2 Å². The van der Waals surface area contributed by atoms with Gasteiger partial charge in [0.1, 0.15) is 5.75 Å².